The largest absolute Gasteiger partial charge is 0.392 e. The molecule has 136 valence electrons. The summed E-state index contributed by atoms with van der Waals surface area (Å²) in [6.07, 6.45) is 11.4. The Morgan fingerprint density at radius 1 is 1.15 bits per heavy atom. The minimum atomic E-state index is 0.0912. The monoisotopic (exact) mass is 347 g/mol. The van der Waals surface area contributed by atoms with E-state index in [9.17, 15) is 5.11 Å². The molecule has 2 fully saturated rings. The SMILES string of the molecule is C[C@@]12CCC[C@H]1[C@@H]1CCc3cc(CO)c(-c4ccccn4)cc3[C@H]1CC2. The van der Waals surface area contributed by atoms with E-state index in [1.807, 2.05) is 18.3 Å². The fourth-order valence-corrected chi connectivity index (χ4v) is 6.56. The first-order chi connectivity index (χ1) is 12.7. The average molecular weight is 348 g/mol. The number of aryl methyl sites for hydroxylation is 1. The summed E-state index contributed by atoms with van der Waals surface area (Å²) in [6, 6.07) is 10.7. The van der Waals surface area contributed by atoms with Crippen LogP contribution in [0.4, 0.5) is 0 Å². The van der Waals surface area contributed by atoms with Crippen LogP contribution in [0.1, 0.15) is 68.1 Å². The number of rotatable bonds is 2. The third-order valence-electron chi connectivity index (χ3n) is 7.84. The van der Waals surface area contributed by atoms with Crippen molar-refractivity contribution >= 4 is 0 Å². The average Bonchev–Trinajstić information content (AvgIpc) is 3.09. The molecular formula is C24H29NO. The van der Waals surface area contributed by atoms with Crippen molar-refractivity contribution in [3.63, 3.8) is 0 Å². The molecule has 0 unspecified atom stereocenters. The van der Waals surface area contributed by atoms with Crippen molar-refractivity contribution in [2.45, 2.75) is 64.4 Å². The summed E-state index contributed by atoms with van der Waals surface area (Å²) >= 11 is 0. The molecular weight excluding hydrogens is 318 g/mol. The van der Waals surface area contributed by atoms with Crippen LogP contribution in [0.3, 0.4) is 0 Å². The number of aliphatic hydroxyl groups is 1. The predicted molar refractivity (Wildman–Crippen MR) is 105 cm³/mol. The van der Waals surface area contributed by atoms with Gasteiger partial charge in [-0.2, -0.15) is 0 Å². The van der Waals surface area contributed by atoms with Crippen molar-refractivity contribution in [3.05, 3.63) is 53.2 Å². The smallest absolute Gasteiger partial charge is 0.0705 e. The lowest BCUT2D eigenvalue weighted by atomic mass is 9.55. The van der Waals surface area contributed by atoms with Crippen LogP contribution in [0.15, 0.2) is 36.5 Å². The Hall–Kier alpha value is -1.67. The topological polar surface area (TPSA) is 33.1 Å². The Morgan fingerprint density at radius 2 is 2.08 bits per heavy atom. The van der Waals surface area contributed by atoms with E-state index in [2.05, 4.69) is 30.1 Å². The van der Waals surface area contributed by atoms with Crippen LogP contribution in [0.5, 0.6) is 0 Å². The maximum Gasteiger partial charge on any atom is 0.0705 e. The summed E-state index contributed by atoms with van der Waals surface area (Å²) < 4.78 is 0. The predicted octanol–water partition coefficient (Wildman–Crippen LogP) is 5.49. The van der Waals surface area contributed by atoms with E-state index in [0.29, 0.717) is 11.3 Å². The Kier molecular flexibility index (Phi) is 3.93. The van der Waals surface area contributed by atoms with Crippen molar-refractivity contribution in [1.29, 1.82) is 0 Å². The summed E-state index contributed by atoms with van der Waals surface area (Å²) in [6.45, 7) is 2.65. The van der Waals surface area contributed by atoms with Gasteiger partial charge in [-0.25, -0.2) is 0 Å². The molecule has 0 spiro atoms. The van der Waals surface area contributed by atoms with Crippen molar-refractivity contribution in [2.75, 3.05) is 0 Å². The van der Waals surface area contributed by atoms with Gasteiger partial charge in [0.2, 0.25) is 0 Å². The molecule has 3 aliphatic carbocycles. The molecule has 5 rings (SSSR count). The van der Waals surface area contributed by atoms with Gasteiger partial charge in [-0.15, -0.1) is 0 Å². The van der Waals surface area contributed by atoms with Crippen molar-refractivity contribution in [1.82, 2.24) is 4.98 Å². The molecule has 1 aromatic carbocycles. The number of aromatic nitrogens is 1. The quantitative estimate of drug-likeness (QED) is 0.779. The molecule has 2 nitrogen and oxygen atoms in total. The van der Waals surface area contributed by atoms with Gasteiger partial charge >= 0.3 is 0 Å². The molecule has 0 amide bonds. The first kappa shape index (κ1) is 16.5. The van der Waals surface area contributed by atoms with Crippen LogP contribution in [-0.4, -0.2) is 10.1 Å². The third kappa shape index (κ3) is 2.45. The van der Waals surface area contributed by atoms with E-state index in [0.717, 1.165) is 28.7 Å². The van der Waals surface area contributed by atoms with E-state index in [-0.39, 0.29) is 6.61 Å². The Balaban J connectivity index is 1.59. The summed E-state index contributed by atoms with van der Waals surface area (Å²) in [5.74, 6) is 2.50. The van der Waals surface area contributed by atoms with E-state index in [1.165, 1.54) is 50.5 Å². The van der Waals surface area contributed by atoms with Crippen LogP contribution in [0.25, 0.3) is 11.3 Å². The second kappa shape index (κ2) is 6.20. The summed E-state index contributed by atoms with van der Waals surface area (Å²) in [7, 11) is 0. The molecule has 3 aliphatic rings. The van der Waals surface area contributed by atoms with Gasteiger partial charge in [0.25, 0.3) is 0 Å². The number of fused-ring (bicyclic) bond motifs is 5. The summed E-state index contributed by atoms with van der Waals surface area (Å²) in [4.78, 5) is 4.56. The summed E-state index contributed by atoms with van der Waals surface area (Å²) in [5.41, 5.74) is 6.80. The van der Waals surface area contributed by atoms with Gasteiger partial charge in [-0.05, 0) is 96.6 Å². The molecule has 1 N–H and O–H groups in total. The zero-order chi connectivity index (χ0) is 17.7. The molecule has 26 heavy (non-hydrogen) atoms. The van der Waals surface area contributed by atoms with Crippen molar-refractivity contribution < 1.29 is 5.11 Å². The van der Waals surface area contributed by atoms with E-state index in [4.69, 9.17) is 0 Å². The fourth-order valence-electron chi connectivity index (χ4n) is 6.56. The first-order valence-electron chi connectivity index (χ1n) is 10.4. The third-order valence-corrected chi connectivity index (χ3v) is 7.84. The molecule has 1 aromatic heterocycles. The van der Waals surface area contributed by atoms with Crippen LogP contribution in [0, 0.1) is 17.3 Å². The number of nitrogens with zero attached hydrogens (tertiary/aromatic N) is 1. The highest BCUT2D eigenvalue weighted by Crippen LogP contribution is 2.61. The standard InChI is InChI=1S/C24H29NO/c1-24-10-4-5-22(24)19-8-7-16-13-17(15-26)21(23-6-2-3-12-25-23)14-20(16)18(19)9-11-24/h2-3,6,12-14,18-19,22,26H,4-5,7-11,15H2,1H3/t18-,19+,22-,24-/m0/s1. The van der Waals surface area contributed by atoms with E-state index in [1.54, 1.807) is 5.56 Å². The minimum Gasteiger partial charge on any atom is -0.392 e. The number of hydrogen-bond donors (Lipinski definition) is 1. The Bertz CT molecular complexity index is 814. The van der Waals surface area contributed by atoms with Gasteiger partial charge in [0.1, 0.15) is 0 Å². The second-order valence-electron chi connectivity index (χ2n) is 9.08. The summed E-state index contributed by atoms with van der Waals surface area (Å²) in [5, 5.41) is 9.94. The second-order valence-corrected chi connectivity index (χ2v) is 9.08. The van der Waals surface area contributed by atoms with Crippen LogP contribution < -0.4 is 0 Å². The maximum atomic E-state index is 9.94. The van der Waals surface area contributed by atoms with Gasteiger partial charge in [0.05, 0.1) is 12.3 Å². The zero-order valence-corrected chi connectivity index (χ0v) is 15.7. The van der Waals surface area contributed by atoms with Crippen molar-refractivity contribution in [3.8, 4) is 11.3 Å². The molecule has 0 aliphatic heterocycles. The molecule has 1 heterocycles. The highest BCUT2D eigenvalue weighted by atomic mass is 16.3. The Morgan fingerprint density at radius 3 is 2.88 bits per heavy atom. The first-order valence-corrected chi connectivity index (χ1v) is 10.4. The number of aliphatic hydroxyl groups excluding tert-OH is 1. The minimum absolute atomic E-state index is 0.0912. The molecule has 0 radical (unpaired) electrons. The normalized spacial score (nSPS) is 32.6. The lowest BCUT2D eigenvalue weighted by molar-refractivity contribution is 0.0598. The van der Waals surface area contributed by atoms with E-state index < -0.39 is 0 Å². The van der Waals surface area contributed by atoms with E-state index >= 15 is 0 Å². The van der Waals surface area contributed by atoms with Gasteiger partial charge < -0.3 is 5.11 Å². The number of benzene rings is 1. The maximum absolute atomic E-state index is 9.94. The Labute approximate surface area is 156 Å². The lowest BCUT2D eigenvalue weighted by Crippen LogP contribution is -2.39. The van der Waals surface area contributed by atoms with Gasteiger partial charge in [-0.3, -0.25) is 4.98 Å². The van der Waals surface area contributed by atoms with Gasteiger partial charge in [-0.1, -0.05) is 25.5 Å². The van der Waals surface area contributed by atoms with Gasteiger partial charge in [0, 0.05) is 11.8 Å². The molecule has 0 bridgehead atoms. The molecule has 4 atom stereocenters. The van der Waals surface area contributed by atoms with Crippen LogP contribution in [-0.2, 0) is 13.0 Å². The highest BCUT2D eigenvalue weighted by molar-refractivity contribution is 5.66. The molecule has 2 heteroatoms. The lowest BCUT2D eigenvalue weighted by Gasteiger charge is -2.49. The molecule has 0 saturated heterocycles. The number of hydrogen-bond acceptors (Lipinski definition) is 2. The highest BCUT2D eigenvalue weighted by Gasteiger charge is 2.50. The molecule has 2 aromatic rings. The molecule has 2 saturated carbocycles. The number of pyridine rings is 1. The zero-order valence-electron chi connectivity index (χ0n) is 15.7. The van der Waals surface area contributed by atoms with Crippen LogP contribution >= 0.6 is 0 Å². The van der Waals surface area contributed by atoms with Crippen molar-refractivity contribution in [2.24, 2.45) is 17.3 Å². The fraction of sp³-hybridized carbons (Fsp3) is 0.542. The van der Waals surface area contributed by atoms with Gasteiger partial charge in [0.15, 0.2) is 0 Å². The van der Waals surface area contributed by atoms with Crippen LogP contribution in [0.2, 0.25) is 0 Å².